The van der Waals surface area contributed by atoms with E-state index in [1.807, 2.05) is 0 Å². The Hall–Kier alpha value is -0.650. The van der Waals surface area contributed by atoms with E-state index in [1.54, 1.807) is 0 Å². The summed E-state index contributed by atoms with van der Waals surface area (Å²) in [4.78, 5) is 17.2. The van der Waals surface area contributed by atoms with Crippen molar-refractivity contribution in [2.45, 2.75) is 63.5 Å². The van der Waals surface area contributed by atoms with Crippen molar-refractivity contribution in [3.05, 3.63) is 0 Å². The van der Waals surface area contributed by atoms with E-state index in [0.29, 0.717) is 11.3 Å². The van der Waals surface area contributed by atoms with Crippen molar-refractivity contribution in [2.75, 3.05) is 46.0 Å². The first-order valence-corrected chi connectivity index (χ1v) is 9.95. The first-order valence-electron chi connectivity index (χ1n) is 9.95. The zero-order valence-corrected chi connectivity index (χ0v) is 14.9. The Kier molecular flexibility index (Phi) is 5.11. The summed E-state index contributed by atoms with van der Waals surface area (Å²) in [6.07, 6.45) is 9.27. The molecule has 4 saturated heterocycles. The molecule has 24 heavy (non-hydrogen) atoms. The molecule has 5 nitrogen and oxygen atoms in total. The van der Waals surface area contributed by atoms with Gasteiger partial charge in [-0.2, -0.15) is 0 Å². The lowest BCUT2D eigenvalue weighted by Gasteiger charge is -2.49. The summed E-state index contributed by atoms with van der Waals surface area (Å²) >= 11 is 0. The number of likely N-dealkylation sites (tertiary alicyclic amines) is 2. The van der Waals surface area contributed by atoms with Crippen LogP contribution in [-0.4, -0.2) is 73.9 Å². The van der Waals surface area contributed by atoms with Crippen LogP contribution in [0.15, 0.2) is 0 Å². The first-order chi connectivity index (χ1) is 11.7. The van der Waals surface area contributed by atoms with Gasteiger partial charge in [0, 0.05) is 45.4 Å². The highest BCUT2D eigenvalue weighted by Gasteiger charge is 2.42. The predicted octanol–water partition coefficient (Wildman–Crippen LogP) is 2.05. The number of hydrogen-bond donors (Lipinski definition) is 0. The second kappa shape index (κ2) is 7.30. The van der Waals surface area contributed by atoms with Gasteiger partial charge in [-0.15, -0.1) is 0 Å². The molecule has 4 fully saturated rings. The Labute approximate surface area is 145 Å². The number of nitrogens with zero attached hydrogens (tertiary/aromatic N) is 2. The molecule has 0 saturated carbocycles. The number of carbonyl (C=O) groups is 1. The zero-order valence-electron chi connectivity index (χ0n) is 14.9. The van der Waals surface area contributed by atoms with Crippen LogP contribution in [0.2, 0.25) is 0 Å². The fourth-order valence-electron chi connectivity index (χ4n) is 5.12. The molecular weight excluding hydrogens is 304 g/mol. The van der Waals surface area contributed by atoms with Crippen LogP contribution in [0.25, 0.3) is 0 Å². The van der Waals surface area contributed by atoms with Gasteiger partial charge in [0.25, 0.3) is 0 Å². The van der Waals surface area contributed by atoms with Crippen LogP contribution in [0.3, 0.4) is 0 Å². The monoisotopic (exact) mass is 336 g/mol. The van der Waals surface area contributed by atoms with E-state index >= 15 is 0 Å². The summed E-state index contributed by atoms with van der Waals surface area (Å²) in [5.41, 5.74) is 0.369. The van der Waals surface area contributed by atoms with Crippen molar-refractivity contribution >= 4 is 5.91 Å². The van der Waals surface area contributed by atoms with Crippen LogP contribution >= 0.6 is 0 Å². The van der Waals surface area contributed by atoms with Gasteiger partial charge in [-0.25, -0.2) is 0 Å². The minimum Gasteiger partial charge on any atom is -0.381 e. The molecular formula is C19H32N2O3. The van der Waals surface area contributed by atoms with Crippen molar-refractivity contribution in [1.29, 1.82) is 0 Å². The fourth-order valence-corrected chi connectivity index (χ4v) is 5.12. The minimum atomic E-state index is 0.284. The van der Waals surface area contributed by atoms with Gasteiger partial charge >= 0.3 is 0 Å². The molecule has 0 radical (unpaired) electrons. The fraction of sp³-hybridized carbons (Fsp3) is 0.947. The Morgan fingerprint density at radius 1 is 1.04 bits per heavy atom. The summed E-state index contributed by atoms with van der Waals surface area (Å²) in [5.74, 6) is 0.350. The number of hydrogen-bond acceptors (Lipinski definition) is 4. The van der Waals surface area contributed by atoms with Crippen molar-refractivity contribution in [2.24, 2.45) is 5.41 Å². The molecule has 136 valence electrons. The van der Waals surface area contributed by atoms with Crippen molar-refractivity contribution < 1.29 is 14.3 Å². The normalized spacial score (nSPS) is 32.6. The van der Waals surface area contributed by atoms with E-state index in [0.717, 1.165) is 64.6 Å². The van der Waals surface area contributed by atoms with Gasteiger partial charge in [0.15, 0.2) is 0 Å². The van der Waals surface area contributed by atoms with Gasteiger partial charge < -0.3 is 19.3 Å². The Bertz CT molecular complexity index is 436. The van der Waals surface area contributed by atoms with Gasteiger partial charge in [0.05, 0.1) is 6.10 Å². The average molecular weight is 336 g/mol. The third-order valence-electron chi connectivity index (χ3n) is 6.76. The molecule has 0 aromatic rings. The molecule has 4 aliphatic rings. The van der Waals surface area contributed by atoms with E-state index < -0.39 is 0 Å². The topological polar surface area (TPSA) is 42.0 Å². The molecule has 1 amide bonds. The highest BCUT2D eigenvalue weighted by Crippen LogP contribution is 2.41. The molecule has 5 heteroatoms. The van der Waals surface area contributed by atoms with E-state index in [4.69, 9.17) is 9.47 Å². The van der Waals surface area contributed by atoms with Crippen LogP contribution in [0.5, 0.6) is 0 Å². The van der Waals surface area contributed by atoms with E-state index in [1.165, 1.54) is 38.8 Å². The van der Waals surface area contributed by atoms with Gasteiger partial charge in [-0.1, -0.05) is 0 Å². The molecule has 0 aromatic heterocycles. The summed E-state index contributed by atoms with van der Waals surface area (Å²) < 4.78 is 11.3. The Morgan fingerprint density at radius 3 is 2.54 bits per heavy atom. The van der Waals surface area contributed by atoms with Crippen LogP contribution < -0.4 is 0 Å². The number of amides is 1. The second-order valence-electron chi connectivity index (χ2n) is 8.29. The van der Waals surface area contributed by atoms with Gasteiger partial charge in [-0.05, 0) is 63.5 Å². The number of carbonyl (C=O) groups excluding carboxylic acids is 1. The smallest absolute Gasteiger partial charge is 0.222 e. The number of ether oxygens (including phenoxy) is 2. The maximum Gasteiger partial charge on any atom is 0.222 e. The standard InChI is InChI=1S/C19H32N2O3/c22-18-3-6-19(15-21(18)14-17-2-1-11-24-17)7-9-20(10-8-19)16-4-12-23-13-5-16/h16-17H,1-15H2/t17-/m0/s1. The third kappa shape index (κ3) is 3.63. The lowest BCUT2D eigenvalue weighted by atomic mass is 9.72. The maximum atomic E-state index is 12.4. The van der Waals surface area contributed by atoms with E-state index in [-0.39, 0.29) is 6.10 Å². The molecule has 0 unspecified atom stereocenters. The molecule has 4 rings (SSSR count). The molecule has 0 aliphatic carbocycles. The molecule has 4 heterocycles. The van der Waals surface area contributed by atoms with Gasteiger partial charge in [0.1, 0.15) is 0 Å². The van der Waals surface area contributed by atoms with Crippen LogP contribution in [0, 0.1) is 5.41 Å². The highest BCUT2D eigenvalue weighted by molar-refractivity contribution is 5.77. The van der Waals surface area contributed by atoms with Crippen molar-refractivity contribution in [3.8, 4) is 0 Å². The number of rotatable bonds is 3. The molecule has 1 atom stereocenters. The molecule has 0 bridgehead atoms. The van der Waals surface area contributed by atoms with Crippen LogP contribution in [-0.2, 0) is 14.3 Å². The second-order valence-corrected chi connectivity index (χ2v) is 8.29. The maximum absolute atomic E-state index is 12.4. The van der Waals surface area contributed by atoms with Gasteiger partial charge in [-0.3, -0.25) is 4.79 Å². The molecule has 4 aliphatic heterocycles. The molecule has 1 spiro atoms. The summed E-state index contributed by atoms with van der Waals surface area (Å²) in [7, 11) is 0. The van der Waals surface area contributed by atoms with E-state index in [9.17, 15) is 4.79 Å². The summed E-state index contributed by atoms with van der Waals surface area (Å²) in [6, 6.07) is 0.726. The molecule has 0 N–H and O–H groups in total. The predicted molar refractivity (Wildman–Crippen MR) is 91.9 cm³/mol. The van der Waals surface area contributed by atoms with Crippen molar-refractivity contribution in [1.82, 2.24) is 9.80 Å². The largest absolute Gasteiger partial charge is 0.381 e. The lowest BCUT2D eigenvalue weighted by Crippen LogP contribution is -2.54. The third-order valence-corrected chi connectivity index (χ3v) is 6.76. The summed E-state index contributed by atoms with van der Waals surface area (Å²) in [5, 5.41) is 0. The average Bonchev–Trinajstić information content (AvgIpc) is 3.13. The lowest BCUT2D eigenvalue weighted by molar-refractivity contribution is -0.141. The quantitative estimate of drug-likeness (QED) is 0.791. The van der Waals surface area contributed by atoms with Crippen LogP contribution in [0.1, 0.15) is 51.4 Å². The van der Waals surface area contributed by atoms with Crippen molar-refractivity contribution in [3.63, 3.8) is 0 Å². The molecule has 0 aromatic carbocycles. The Morgan fingerprint density at radius 2 is 1.83 bits per heavy atom. The summed E-state index contributed by atoms with van der Waals surface area (Å²) in [6.45, 7) is 6.92. The Balaban J connectivity index is 1.32. The zero-order chi connectivity index (χ0) is 16.4. The van der Waals surface area contributed by atoms with Gasteiger partial charge in [0.2, 0.25) is 5.91 Å². The SMILES string of the molecule is O=C1CCC2(CCN(C3CCOCC3)CC2)CN1C[C@@H]1CCCO1. The first kappa shape index (κ1) is 16.8. The minimum absolute atomic E-state index is 0.284. The highest BCUT2D eigenvalue weighted by atomic mass is 16.5. The van der Waals surface area contributed by atoms with E-state index in [2.05, 4.69) is 9.80 Å². The van der Waals surface area contributed by atoms with Crippen LogP contribution in [0.4, 0.5) is 0 Å². The number of piperidine rings is 2.